The highest BCUT2D eigenvalue weighted by molar-refractivity contribution is 9.10. The molecule has 0 atom stereocenters. The summed E-state index contributed by atoms with van der Waals surface area (Å²) in [6.45, 7) is 3.69. The van der Waals surface area contributed by atoms with Gasteiger partial charge in [-0.05, 0) is 26.0 Å². The zero-order valence-corrected chi connectivity index (χ0v) is 13.9. The Hall–Kier alpha value is -0.990. The minimum absolute atomic E-state index is 0.00374. The van der Waals surface area contributed by atoms with Gasteiger partial charge in [0.2, 0.25) is 0 Å². The van der Waals surface area contributed by atoms with Gasteiger partial charge in [0, 0.05) is 35.4 Å². The Kier molecular flexibility index (Phi) is 5.28. The van der Waals surface area contributed by atoms with E-state index in [1.165, 1.54) is 12.3 Å². The molecule has 6 nitrogen and oxygen atoms in total. The van der Waals surface area contributed by atoms with Crippen LogP contribution in [0.3, 0.4) is 0 Å². The first-order valence-corrected chi connectivity index (χ1v) is 8.56. The number of hydrogen-bond acceptors (Lipinski definition) is 5. The van der Waals surface area contributed by atoms with Crippen molar-refractivity contribution in [1.29, 1.82) is 0 Å². The first kappa shape index (κ1) is 17.1. The smallest absolute Gasteiger partial charge is 0.275 e. The van der Waals surface area contributed by atoms with Crippen molar-refractivity contribution in [3.8, 4) is 0 Å². The van der Waals surface area contributed by atoms with E-state index in [1.54, 1.807) is 26.0 Å². The predicted octanol–water partition coefficient (Wildman–Crippen LogP) is 2.27. The van der Waals surface area contributed by atoms with E-state index < -0.39 is 19.5 Å². The van der Waals surface area contributed by atoms with Crippen molar-refractivity contribution in [3.63, 3.8) is 0 Å². The van der Waals surface area contributed by atoms with E-state index in [0.29, 0.717) is 10.0 Å². The van der Waals surface area contributed by atoms with Gasteiger partial charge in [0.05, 0.1) is 9.67 Å². The zero-order chi connectivity index (χ0) is 15.6. The Balaban J connectivity index is 2.80. The molecule has 1 aromatic rings. The maximum atomic E-state index is 11.6. The summed E-state index contributed by atoms with van der Waals surface area (Å²) in [6.07, 6.45) is 1.18. The molecule has 0 aliphatic rings. The van der Waals surface area contributed by atoms with Crippen molar-refractivity contribution in [3.05, 3.63) is 38.3 Å². The second kappa shape index (κ2) is 6.19. The fraction of sp³-hybridized carbons (Fsp3) is 0.500. The number of halogens is 1. The summed E-state index contributed by atoms with van der Waals surface area (Å²) in [5.41, 5.74) is 0.520. The third kappa shape index (κ3) is 4.26. The molecule has 20 heavy (non-hydrogen) atoms. The molecule has 0 radical (unpaired) electrons. The van der Waals surface area contributed by atoms with Crippen LogP contribution >= 0.6 is 15.9 Å². The first-order chi connectivity index (χ1) is 9.04. The molecule has 0 amide bonds. The summed E-state index contributed by atoms with van der Waals surface area (Å²) in [7, 11) is -3.19. The van der Waals surface area contributed by atoms with Gasteiger partial charge in [0.1, 0.15) is 0 Å². The van der Waals surface area contributed by atoms with Crippen LogP contribution in [0.25, 0.3) is 0 Å². The number of benzene rings is 1. The van der Waals surface area contributed by atoms with Crippen LogP contribution in [-0.4, -0.2) is 30.9 Å². The molecule has 1 rings (SSSR count). The lowest BCUT2D eigenvalue weighted by Crippen LogP contribution is -2.41. The van der Waals surface area contributed by atoms with Crippen LogP contribution in [-0.2, 0) is 16.4 Å². The van der Waals surface area contributed by atoms with Gasteiger partial charge in [-0.15, -0.1) is 0 Å². The molecule has 1 N–H and O–H groups in total. The molecule has 8 heteroatoms. The highest BCUT2D eigenvalue weighted by atomic mass is 79.9. The summed E-state index contributed by atoms with van der Waals surface area (Å²) in [4.78, 5) is 10.5. The normalized spacial score (nSPS) is 12.4. The second-order valence-corrected chi connectivity index (χ2v) is 8.73. The SMILES string of the molecule is CC(C)(CNCc1ccc(Br)cc1[N+](=O)[O-])S(C)(=O)=O. The maximum absolute atomic E-state index is 11.6. The summed E-state index contributed by atoms with van der Waals surface area (Å²) in [6, 6.07) is 4.78. The van der Waals surface area contributed by atoms with E-state index >= 15 is 0 Å². The lowest BCUT2D eigenvalue weighted by atomic mass is 10.1. The molecule has 112 valence electrons. The molecule has 0 unspecified atom stereocenters. The average molecular weight is 365 g/mol. The summed E-state index contributed by atoms with van der Waals surface area (Å²) in [5.74, 6) is 0. The van der Waals surface area contributed by atoms with Crippen molar-refractivity contribution in [1.82, 2.24) is 5.32 Å². The number of rotatable bonds is 6. The second-order valence-electron chi connectivity index (χ2n) is 5.17. The van der Waals surface area contributed by atoms with Crippen molar-refractivity contribution < 1.29 is 13.3 Å². The van der Waals surface area contributed by atoms with E-state index in [-0.39, 0.29) is 18.8 Å². The van der Waals surface area contributed by atoms with Crippen LogP contribution in [0, 0.1) is 10.1 Å². The van der Waals surface area contributed by atoms with E-state index in [9.17, 15) is 18.5 Å². The van der Waals surface area contributed by atoms with Crippen LogP contribution in [0.1, 0.15) is 19.4 Å². The Labute approximate surface area is 126 Å². The number of sulfone groups is 1. The molecule has 0 spiro atoms. The van der Waals surface area contributed by atoms with Crippen LogP contribution in [0.4, 0.5) is 5.69 Å². The largest absolute Gasteiger partial charge is 0.311 e. The Morgan fingerprint density at radius 3 is 2.50 bits per heavy atom. The van der Waals surface area contributed by atoms with Gasteiger partial charge in [-0.3, -0.25) is 10.1 Å². The van der Waals surface area contributed by atoms with E-state index in [1.807, 2.05) is 0 Å². The van der Waals surface area contributed by atoms with Gasteiger partial charge in [-0.25, -0.2) is 8.42 Å². The number of nitro groups is 1. The lowest BCUT2D eigenvalue weighted by molar-refractivity contribution is -0.385. The van der Waals surface area contributed by atoms with Crippen LogP contribution in [0.15, 0.2) is 22.7 Å². The number of nitrogens with one attached hydrogen (secondary N) is 1. The van der Waals surface area contributed by atoms with Crippen molar-refractivity contribution in [2.24, 2.45) is 0 Å². The van der Waals surface area contributed by atoms with Crippen LogP contribution in [0.2, 0.25) is 0 Å². The number of nitrogens with zero attached hydrogens (tertiary/aromatic N) is 1. The Bertz CT molecular complexity index is 614. The van der Waals surface area contributed by atoms with Gasteiger partial charge in [-0.1, -0.05) is 15.9 Å². The summed E-state index contributed by atoms with van der Waals surface area (Å²) >= 11 is 3.19. The van der Waals surface area contributed by atoms with Gasteiger partial charge in [0.15, 0.2) is 9.84 Å². The third-order valence-electron chi connectivity index (χ3n) is 3.11. The topological polar surface area (TPSA) is 89.3 Å². The molecule has 0 aliphatic carbocycles. The van der Waals surface area contributed by atoms with Gasteiger partial charge in [-0.2, -0.15) is 0 Å². The van der Waals surface area contributed by atoms with Gasteiger partial charge >= 0.3 is 0 Å². The van der Waals surface area contributed by atoms with E-state index in [2.05, 4.69) is 21.2 Å². The molecular formula is C12H17BrN2O4S. The van der Waals surface area contributed by atoms with Crippen molar-refractivity contribution in [2.45, 2.75) is 25.1 Å². The Morgan fingerprint density at radius 2 is 2.00 bits per heavy atom. The van der Waals surface area contributed by atoms with Crippen LogP contribution < -0.4 is 5.32 Å². The molecular weight excluding hydrogens is 348 g/mol. The van der Waals surface area contributed by atoms with E-state index in [4.69, 9.17) is 0 Å². The first-order valence-electron chi connectivity index (χ1n) is 5.88. The predicted molar refractivity (Wildman–Crippen MR) is 81.4 cm³/mol. The highest BCUT2D eigenvalue weighted by Gasteiger charge is 2.29. The van der Waals surface area contributed by atoms with Crippen LogP contribution in [0.5, 0.6) is 0 Å². The average Bonchev–Trinajstić information content (AvgIpc) is 2.29. The molecule has 0 heterocycles. The Morgan fingerprint density at radius 1 is 1.40 bits per heavy atom. The molecule has 0 saturated heterocycles. The fourth-order valence-corrected chi connectivity index (χ4v) is 2.20. The number of nitro benzene ring substituents is 1. The quantitative estimate of drug-likeness (QED) is 0.617. The standard InChI is InChI=1S/C12H17BrN2O4S/c1-12(2,20(3,18)19)8-14-7-9-4-5-10(13)6-11(9)15(16)17/h4-6,14H,7-8H2,1-3H3. The summed E-state index contributed by atoms with van der Waals surface area (Å²) in [5, 5.41) is 13.9. The van der Waals surface area contributed by atoms with Crippen molar-refractivity contribution in [2.75, 3.05) is 12.8 Å². The monoisotopic (exact) mass is 364 g/mol. The lowest BCUT2D eigenvalue weighted by Gasteiger charge is -2.22. The fourth-order valence-electron chi connectivity index (χ4n) is 1.49. The molecule has 0 saturated carbocycles. The van der Waals surface area contributed by atoms with E-state index in [0.717, 1.165) is 0 Å². The number of hydrogen-bond donors (Lipinski definition) is 1. The summed E-state index contributed by atoms with van der Waals surface area (Å²) < 4.78 is 22.8. The van der Waals surface area contributed by atoms with Gasteiger partial charge < -0.3 is 5.32 Å². The molecule has 0 fully saturated rings. The minimum atomic E-state index is -3.19. The molecule has 1 aromatic carbocycles. The molecule has 0 aromatic heterocycles. The zero-order valence-electron chi connectivity index (χ0n) is 11.5. The van der Waals surface area contributed by atoms with Crippen molar-refractivity contribution >= 4 is 31.5 Å². The molecule has 0 bridgehead atoms. The third-order valence-corrected chi connectivity index (χ3v) is 5.76. The molecule has 0 aliphatic heterocycles. The van der Waals surface area contributed by atoms with Gasteiger partial charge in [0.25, 0.3) is 5.69 Å². The maximum Gasteiger partial charge on any atom is 0.275 e. The highest BCUT2D eigenvalue weighted by Crippen LogP contribution is 2.23. The minimum Gasteiger partial charge on any atom is -0.311 e.